The highest BCUT2D eigenvalue weighted by Crippen LogP contribution is 2.27. The minimum absolute atomic E-state index is 0.0659. The van der Waals surface area contributed by atoms with Gasteiger partial charge in [0.1, 0.15) is 5.69 Å². The number of hydrogen-bond donors (Lipinski definition) is 1. The fourth-order valence-electron chi connectivity index (χ4n) is 2.14. The maximum Gasteiger partial charge on any atom is 0.275 e. The molecule has 1 N–H and O–H groups in total. The van der Waals surface area contributed by atoms with Gasteiger partial charge < -0.3 is 5.32 Å². The molecule has 1 unspecified atom stereocenters. The summed E-state index contributed by atoms with van der Waals surface area (Å²) in [5.41, 5.74) is -1.22. The topological polar surface area (TPSA) is 89.3 Å². The van der Waals surface area contributed by atoms with Crippen molar-refractivity contribution < 1.29 is 22.1 Å². The van der Waals surface area contributed by atoms with Gasteiger partial charge in [0.05, 0.1) is 28.6 Å². The van der Waals surface area contributed by atoms with Crippen LogP contribution in [0.4, 0.5) is 20.2 Å². The van der Waals surface area contributed by atoms with Crippen molar-refractivity contribution in [3.63, 3.8) is 0 Å². The highest BCUT2D eigenvalue weighted by molar-refractivity contribution is 7.91. The van der Waals surface area contributed by atoms with Crippen LogP contribution in [-0.2, 0) is 9.84 Å². The Morgan fingerprint density at radius 2 is 1.90 bits per heavy atom. The van der Waals surface area contributed by atoms with E-state index in [1.165, 1.54) is 0 Å². The van der Waals surface area contributed by atoms with Gasteiger partial charge in [0.15, 0.2) is 21.5 Å². The maximum absolute atomic E-state index is 13.7. The maximum atomic E-state index is 13.7. The Hall–Kier alpha value is -1.77. The molecule has 1 heterocycles. The Morgan fingerprint density at radius 1 is 1.30 bits per heavy atom. The number of nitro groups is 1. The van der Waals surface area contributed by atoms with E-state index in [1.54, 1.807) is 0 Å². The molecule has 6 nitrogen and oxygen atoms in total. The number of nitrogens with one attached hydrogen (secondary N) is 1. The molecule has 0 aliphatic carbocycles. The van der Waals surface area contributed by atoms with E-state index in [9.17, 15) is 27.3 Å². The number of anilines is 1. The van der Waals surface area contributed by atoms with Crippen LogP contribution in [0.5, 0.6) is 0 Å². The quantitative estimate of drug-likeness (QED) is 0.680. The van der Waals surface area contributed by atoms with Crippen LogP contribution < -0.4 is 5.32 Å². The first kappa shape index (κ1) is 14.6. The summed E-state index contributed by atoms with van der Waals surface area (Å²) in [5, 5.41) is 13.0. The summed E-state index contributed by atoms with van der Waals surface area (Å²) in [5.74, 6) is -2.36. The normalized spacial score (nSPS) is 21.4. The summed E-state index contributed by atoms with van der Waals surface area (Å²) in [6.45, 7) is 0. The Labute approximate surface area is 113 Å². The van der Waals surface area contributed by atoms with Gasteiger partial charge in [-0.1, -0.05) is 0 Å². The molecule has 0 amide bonds. The van der Waals surface area contributed by atoms with Crippen LogP contribution in [0.25, 0.3) is 0 Å². The lowest BCUT2D eigenvalue weighted by Crippen LogP contribution is -2.35. The molecular formula is C11H12F2N2O4S. The van der Waals surface area contributed by atoms with Gasteiger partial charge in [0, 0.05) is 6.04 Å². The molecule has 1 aliphatic rings. The van der Waals surface area contributed by atoms with Crippen molar-refractivity contribution in [1.82, 2.24) is 0 Å². The zero-order chi connectivity index (χ0) is 14.9. The molecule has 2 rings (SSSR count). The molecule has 1 aliphatic heterocycles. The highest BCUT2D eigenvalue weighted by Gasteiger charge is 2.27. The third-order valence-electron chi connectivity index (χ3n) is 3.05. The minimum atomic E-state index is -3.21. The van der Waals surface area contributed by atoms with Gasteiger partial charge in [-0.25, -0.2) is 17.2 Å². The minimum Gasteiger partial charge on any atom is -0.377 e. The number of non-ortho nitro benzene ring substituents is 1. The summed E-state index contributed by atoms with van der Waals surface area (Å²) >= 11 is 0. The molecule has 1 aromatic rings. The summed E-state index contributed by atoms with van der Waals surface area (Å²) in [6, 6.07) is 0.602. The summed E-state index contributed by atoms with van der Waals surface area (Å²) in [7, 11) is -3.21. The molecular weight excluding hydrogens is 294 g/mol. The molecule has 1 fully saturated rings. The van der Waals surface area contributed by atoms with Gasteiger partial charge in [-0.15, -0.1) is 0 Å². The van der Waals surface area contributed by atoms with Crippen LogP contribution in [0.1, 0.15) is 12.8 Å². The number of nitro benzene ring substituents is 1. The van der Waals surface area contributed by atoms with Crippen molar-refractivity contribution >= 4 is 21.2 Å². The summed E-state index contributed by atoms with van der Waals surface area (Å²) in [6.07, 6.45) is 0.880. The molecule has 1 saturated heterocycles. The number of sulfone groups is 1. The standard InChI is InChI=1S/C11H12F2N2O4S/c12-9-4-8(15(16)17)5-10(13)11(9)14-7-2-1-3-20(18,19)6-7/h4-5,7,14H,1-3,6H2. The van der Waals surface area contributed by atoms with E-state index in [4.69, 9.17) is 0 Å². The van der Waals surface area contributed by atoms with Crippen molar-refractivity contribution in [3.05, 3.63) is 33.9 Å². The predicted molar refractivity (Wildman–Crippen MR) is 68.3 cm³/mol. The molecule has 110 valence electrons. The molecule has 0 aromatic heterocycles. The molecule has 0 spiro atoms. The van der Waals surface area contributed by atoms with Gasteiger partial charge in [-0.3, -0.25) is 10.1 Å². The van der Waals surface area contributed by atoms with E-state index in [0.717, 1.165) is 0 Å². The molecule has 20 heavy (non-hydrogen) atoms. The molecule has 0 saturated carbocycles. The van der Waals surface area contributed by atoms with Crippen molar-refractivity contribution in [1.29, 1.82) is 0 Å². The Bertz CT molecular complexity index is 625. The number of nitrogens with zero attached hydrogens (tertiary/aromatic N) is 1. The fourth-order valence-corrected chi connectivity index (χ4v) is 3.78. The third-order valence-corrected chi connectivity index (χ3v) is 4.87. The van der Waals surface area contributed by atoms with Gasteiger partial charge in [-0.2, -0.15) is 0 Å². The zero-order valence-corrected chi connectivity index (χ0v) is 11.1. The van der Waals surface area contributed by atoms with E-state index in [1.807, 2.05) is 0 Å². The van der Waals surface area contributed by atoms with Gasteiger partial charge in [-0.05, 0) is 12.8 Å². The number of rotatable bonds is 3. The number of halogens is 2. The van der Waals surface area contributed by atoms with Crippen LogP contribution in [0.2, 0.25) is 0 Å². The fraction of sp³-hybridized carbons (Fsp3) is 0.455. The SMILES string of the molecule is O=[N+]([O-])c1cc(F)c(NC2CCCS(=O)(=O)C2)c(F)c1. The predicted octanol–water partition coefficient (Wildman–Crippen LogP) is 1.86. The first-order chi connectivity index (χ1) is 9.28. The van der Waals surface area contributed by atoms with E-state index < -0.39 is 43.8 Å². The largest absolute Gasteiger partial charge is 0.377 e. The monoisotopic (exact) mass is 306 g/mol. The summed E-state index contributed by atoms with van der Waals surface area (Å²) in [4.78, 5) is 9.56. The zero-order valence-electron chi connectivity index (χ0n) is 10.3. The van der Waals surface area contributed by atoms with Gasteiger partial charge in [0.25, 0.3) is 5.69 Å². The number of hydrogen-bond acceptors (Lipinski definition) is 5. The van der Waals surface area contributed by atoms with E-state index in [0.29, 0.717) is 25.0 Å². The van der Waals surface area contributed by atoms with E-state index in [-0.39, 0.29) is 11.5 Å². The average molecular weight is 306 g/mol. The Morgan fingerprint density at radius 3 is 2.40 bits per heavy atom. The van der Waals surface area contributed by atoms with Crippen molar-refractivity contribution in [3.8, 4) is 0 Å². The van der Waals surface area contributed by atoms with Crippen molar-refractivity contribution in [2.45, 2.75) is 18.9 Å². The second kappa shape index (κ2) is 5.31. The first-order valence-corrected chi connectivity index (χ1v) is 7.71. The smallest absolute Gasteiger partial charge is 0.275 e. The molecule has 9 heteroatoms. The molecule has 1 aromatic carbocycles. The number of benzene rings is 1. The van der Waals surface area contributed by atoms with Crippen LogP contribution >= 0.6 is 0 Å². The molecule has 1 atom stereocenters. The van der Waals surface area contributed by atoms with E-state index >= 15 is 0 Å². The van der Waals surface area contributed by atoms with Gasteiger partial charge in [0.2, 0.25) is 0 Å². The van der Waals surface area contributed by atoms with E-state index in [2.05, 4.69) is 5.32 Å². The van der Waals surface area contributed by atoms with Crippen molar-refractivity contribution in [2.24, 2.45) is 0 Å². The Balaban J connectivity index is 2.23. The summed E-state index contributed by atoms with van der Waals surface area (Å²) < 4.78 is 50.2. The first-order valence-electron chi connectivity index (χ1n) is 5.89. The molecule has 0 bridgehead atoms. The second-order valence-electron chi connectivity index (χ2n) is 4.64. The third kappa shape index (κ3) is 3.21. The van der Waals surface area contributed by atoms with Crippen LogP contribution in [-0.4, -0.2) is 30.9 Å². The molecule has 0 radical (unpaired) electrons. The van der Waals surface area contributed by atoms with Crippen molar-refractivity contribution in [2.75, 3.05) is 16.8 Å². The lowest BCUT2D eigenvalue weighted by Gasteiger charge is -2.24. The highest BCUT2D eigenvalue weighted by atomic mass is 32.2. The average Bonchev–Trinajstić information content (AvgIpc) is 2.32. The van der Waals surface area contributed by atoms with Crippen LogP contribution in [0.3, 0.4) is 0 Å². The lowest BCUT2D eigenvalue weighted by molar-refractivity contribution is -0.385. The van der Waals surface area contributed by atoms with Gasteiger partial charge >= 0.3 is 0 Å². The lowest BCUT2D eigenvalue weighted by atomic mass is 10.1. The van der Waals surface area contributed by atoms with Crippen LogP contribution in [0.15, 0.2) is 12.1 Å². The van der Waals surface area contributed by atoms with Crippen LogP contribution in [0, 0.1) is 21.7 Å². The Kier molecular flexibility index (Phi) is 3.89. The second-order valence-corrected chi connectivity index (χ2v) is 6.87.